The highest BCUT2D eigenvalue weighted by atomic mass is 16.5. The Hall–Kier alpha value is -4.34. The van der Waals surface area contributed by atoms with Crippen LogP contribution in [0, 0.1) is 5.92 Å². The van der Waals surface area contributed by atoms with E-state index in [1.54, 1.807) is 38.1 Å². The lowest BCUT2D eigenvalue weighted by Crippen LogP contribution is -2.52. The van der Waals surface area contributed by atoms with E-state index in [9.17, 15) is 19.2 Å². The minimum absolute atomic E-state index is 0.107. The van der Waals surface area contributed by atoms with Gasteiger partial charge in [-0.2, -0.15) is 0 Å². The maximum Gasteiger partial charge on any atom is 0.330 e. The lowest BCUT2D eigenvalue weighted by Gasteiger charge is -2.28. The first-order valence-electron chi connectivity index (χ1n) is 11.6. The molecule has 1 aromatic heterocycles. The number of H-pyrrole nitrogens is 1. The predicted molar refractivity (Wildman–Crippen MR) is 138 cm³/mol. The number of ether oxygens (including phenoxy) is 1. The summed E-state index contributed by atoms with van der Waals surface area (Å²) in [5, 5.41) is 2.76. The molecule has 190 valence electrons. The van der Waals surface area contributed by atoms with Crippen LogP contribution in [0.5, 0.6) is 5.75 Å². The maximum atomic E-state index is 13.5. The highest BCUT2D eigenvalue weighted by Gasteiger charge is 2.31. The SMILES string of the molecule is CCOc1ccccc1C(=O)NC(C(=O)N(C)c1c(N)n(Cc2ccccc2)c(=O)[nH]c1=O)C(C)C. The summed E-state index contributed by atoms with van der Waals surface area (Å²) in [5.41, 5.74) is 5.65. The smallest absolute Gasteiger partial charge is 0.330 e. The number of amides is 2. The molecule has 0 aliphatic carbocycles. The number of likely N-dealkylation sites (N-methyl/N-ethyl adjacent to an activating group) is 1. The van der Waals surface area contributed by atoms with Crippen molar-refractivity contribution < 1.29 is 14.3 Å². The van der Waals surface area contributed by atoms with Crippen LogP contribution in [0.1, 0.15) is 36.7 Å². The van der Waals surface area contributed by atoms with Crippen molar-refractivity contribution in [2.45, 2.75) is 33.4 Å². The summed E-state index contributed by atoms with van der Waals surface area (Å²) in [6, 6.07) is 14.9. The number of nitrogens with zero attached hydrogens (tertiary/aromatic N) is 2. The summed E-state index contributed by atoms with van der Waals surface area (Å²) >= 11 is 0. The van der Waals surface area contributed by atoms with E-state index in [1.165, 1.54) is 11.6 Å². The van der Waals surface area contributed by atoms with Gasteiger partial charge in [-0.05, 0) is 30.5 Å². The Bertz CT molecular complexity index is 1350. The van der Waals surface area contributed by atoms with E-state index in [0.717, 1.165) is 10.5 Å². The fourth-order valence-corrected chi connectivity index (χ4v) is 3.81. The zero-order chi connectivity index (χ0) is 26.4. The lowest BCUT2D eigenvalue weighted by molar-refractivity contribution is -0.121. The van der Waals surface area contributed by atoms with Crippen LogP contribution in [0.25, 0.3) is 0 Å². The number of rotatable bonds is 9. The molecule has 3 aromatic rings. The first kappa shape index (κ1) is 26.3. The molecular formula is C26H31N5O5. The third kappa shape index (κ3) is 5.65. The van der Waals surface area contributed by atoms with Crippen molar-refractivity contribution in [2.24, 2.45) is 5.92 Å². The Balaban J connectivity index is 1.93. The van der Waals surface area contributed by atoms with Gasteiger partial charge in [0.05, 0.1) is 18.7 Å². The number of nitrogens with two attached hydrogens (primary N) is 1. The van der Waals surface area contributed by atoms with Crippen LogP contribution < -0.4 is 31.9 Å². The van der Waals surface area contributed by atoms with Crippen LogP contribution in [0.2, 0.25) is 0 Å². The minimum atomic E-state index is -0.981. The monoisotopic (exact) mass is 493 g/mol. The van der Waals surface area contributed by atoms with Crippen LogP contribution in [-0.4, -0.2) is 41.1 Å². The van der Waals surface area contributed by atoms with Gasteiger partial charge in [0.1, 0.15) is 17.6 Å². The fourth-order valence-electron chi connectivity index (χ4n) is 3.81. The van der Waals surface area contributed by atoms with E-state index in [2.05, 4.69) is 10.3 Å². The number of carbonyl (C=O) groups is 2. The molecule has 3 rings (SSSR count). The third-order valence-electron chi connectivity index (χ3n) is 5.71. The van der Waals surface area contributed by atoms with Gasteiger partial charge in [-0.15, -0.1) is 0 Å². The molecule has 0 aliphatic rings. The lowest BCUT2D eigenvalue weighted by atomic mass is 10.0. The quantitative estimate of drug-likeness (QED) is 0.417. The number of aromatic amines is 1. The normalized spacial score (nSPS) is 11.7. The average Bonchev–Trinajstić information content (AvgIpc) is 2.85. The Morgan fingerprint density at radius 2 is 1.72 bits per heavy atom. The van der Waals surface area contributed by atoms with E-state index < -0.39 is 29.1 Å². The van der Waals surface area contributed by atoms with Gasteiger partial charge in [0.25, 0.3) is 11.5 Å². The summed E-state index contributed by atoms with van der Waals surface area (Å²) < 4.78 is 6.72. The molecule has 10 nitrogen and oxygen atoms in total. The van der Waals surface area contributed by atoms with E-state index in [0.29, 0.717) is 12.4 Å². The van der Waals surface area contributed by atoms with E-state index >= 15 is 0 Å². The number of anilines is 2. The zero-order valence-electron chi connectivity index (χ0n) is 20.8. The second-order valence-corrected chi connectivity index (χ2v) is 8.59. The van der Waals surface area contributed by atoms with Crippen LogP contribution in [-0.2, 0) is 11.3 Å². The molecule has 1 atom stereocenters. The molecule has 0 bridgehead atoms. The summed E-state index contributed by atoms with van der Waals surface area (Å²) in [5.74, 6) is -1.13. The standard InChI is InChI=1S/C26H31N5O5/c1-5-36-19-14-10-9-13-18(19)23(32)28-20(16(2)3)25(34)30(4)21-22(27)31(26(35)29-24(21)33)15-17-11-7-6-8-12-17/h6-14,16,20H,5,15,27H2,1-4H3,(H,28,32)(H,29,33,35). The molecule has 0 spiro atoms. The van der Waals surface area contributed by atoms with Crippen molar-refractivity contribution in [1.29, 1.82) is 0 Å². The highest BCUT2D eigenvalue weighted by molar-refractivity contribution is 6.04. The van der Waals surface area contributed by atoms with Crippen LogP contribution in [0.15, 0.2) is 64.2 Å². The number of hydrogen-bond donors (Lipinski definition) is 3. The molecule has 1 unspecified atom stereocenters. The molecule has 0 saturated heterocycles. The molecule has 0 radical (unpaired) electrons. The largest absolute Gasteiger partial charge is 0.493 e. The minimum Gasteiger partial charge on any atom is -0.493 e. The van der Waals surface area contributed by atoms with Gasteiger partial charge in [0.15, 0.2) is 5.69 Å². The molecule has 4 N–H and O–H groups in total. The Labute approximate surface area is 208 Å². The van der Waals surface area contributed by atoms with Gasteiger partial charge in [-0.1, -0.05) is 56.3 Å². The van der Waals surface area contributed by atoms with Crippen LogP contribution >= 0.6 is 0 Å². The second kappa shape index (κ2) is 11.4. The van der Waals surface area contributed by atoms with Crippen molar-refractivity contribution in [3.8, 4) is 5.75 Å². The van der Waals surface area contributed by atoms with Gasteiger partial charge < -0.3 is 20.7 Å². The molecule has 0 aliphatic heterocycles. The number of carbonyl (C=O) groups excluding carboxylic acids is 2. The summed E-state index contributed by atoms with van der Waals surface area (Å²) in [6.07, 6.45) is 0. The van der Waals surface area contributed by atoms with Gasteiger partial charge in [0, 0.05) is 7.05 Å². The molecule has 0 saturated carbocycles. The molecule has 1 heterocycles. The second-order valence-electron chi connectivity index (χ2n) is 8.59. The van der Waals surface area contributed by atoms with Crippen molar-refractivity contribution >= 4 is 23.3 Å². The summed E-state index contributed by atoms with van der Waals surface area (Å²) in [7, 11) is 1.39. The number of nitrogen functional groups attached to an aromatic ring is 1. The first-order valence-corrected chi connectivity index (χ1v) is 11.6. The number of benzene rings is 2. The molecule has 2 aromatic carbocycles. The van der Waals surface area contributed by atoms with Gasteiger partial charge in [-0.3, -0.25) is 23.9 Å². The zero-order valence-corrected chi connectivity index (χ0v) is 20.8. The first-order chi connectivity index (χ1) is 17.1. The van der Waals surface area contributed by atoms with Crippen molar-refractivity contribution in [3.63, 3.8) is 0 Å². The topological polar surface area (TPSA) is 140 Å². The number of para-hydroxylation sites is 1. The van der Waals surface area contributed by atoms with Gasteiger partial charge in [-0.25, -0.2) is 4.79 Å². The molecule has 0 fully saturated rings. The molecular weight excluding hydrogens is 462 g/mol. The maximum absolute atomic E-state index is 13.5. The Morgan fingerprint density at radius 1 is 1.08 bits per heavy atom. The van der Waals surface area contributed by atoms with E-state index in [4.69, 9.17) is 10.5 Å². The summed E-state index contributed by atoms with van der Waals surface area (Å²) in [6.45, 7) is 5.84. The van der Waals surface area contributed by atoms with Gasteiger partial charge in [0.2, 0.25) is 5.91 Å². The number of aromatic nitrogens is 2. The van der Waals surface area contributed by atoms with Gasteiger partial charge >= 0.3 is 5.69 Å². The molecule has 36 heavy (non-hydrogen) atoms. The van der Waals surface area contributed by atoms with Crippen molar-refractivity contribution in [2.75, 3.05) is 24.3 Å². The van der Waals surface area contributed by atoms with Crippen molar-refractivity contribution in [1.82, 2.24) is 14.9 Å². The molecule has 10 heteroatoms. The van der Waals surface area contributed by atoms with Crippen LogP contribution in [0.4, 0.5) is 11.5 Å². The summed E-state index contributed by atoms with van der Waals surface area (Å²) in [4.78, 5) is 55.1. The fraction of sp³-hybridized carbons (Fsp3) is 0.308. The average molecular weight is 494 g/mol. The highest BCUT2D eigenvalue weighted by Crippen LogP contribution is 2.21. The predicted octanol–water partition coefficient (Wildman–Crippen LogP) is 1.98. The molecule has 2 amide bonds. The number of hydrogen-bond acceptors (Lipinski definition) is 6. The number of nitrogens with one attached hydrogen (secondary N) is 2. The Kier molecular flexibility index (Phi) is 8.31. The Morgan fingerprint density at radius 3 is 2.36 bits per heavy atom. The van der Waals surface area contributed by atoms with Crippen LogP contribution in [0.3, 0.4) is 0 Å². The van der Waals surface area contributed by atoms with E-state index in [-0.39, 0.29) is 29.5 Å². The van der Waals surface area contributed by atoms with Crippen molar-refractivity contribution in [3.05, 3.63) is 86.6 Å². The third-order valence-corrected chi connectivity index (χ3v) is 5.71. The van der Waals surface area contributed by atoms with E-state index in [1.807, 2.05) is 37.3 Å².